The van der Waals surface area contributed by atoms with Crippen molar-refractivity contribution in [2.24, 2.45) is 0 Å². The first-order valence-electron chi connectivity index (χ1n) is 13.2. The van der Waals surface area contributed by atoms with E-state index < -0.39 is 7.14 Å². The lowest BCUT2D eigenvalue weighted by atomic mass is 9.90. The van der Waals surface area contributed by atoms with Crippen molar-refractivity contribution < 1.29 is 4.57 Å². The van der Waals surface area contributed by atoms with Crippen molar-refractivity contribution in [3.8, 4) is 11.1 Å². The van der Waals surface area contributed by atoms with Gasteiger partial charge in [-0.1, -0.05) is 105 Å². The number of fused-ring (bicyclic) bond motifs is 1. The van der Waals surface area contributed by atoms with Gasteiger partial charge >= 0.3 is 0 Å². The quantitative estimate of drug-likeness (QED) is 0.233. The second-order valence-electron chi connectivity index (χ2n) is 9.49. The molecule has 0 N–H and O–H groups in total. The molecule has 2 atom stereocenters. The Morgan fingerprint density at radius 2 is 1.89 bits per heavy atom. The first kappa shape index (κ1) is 26.6. The van der Waals surface area contributed by atoms with Gasteiger partial charge in [-0.15, -0.1) is 0 Å². The molecule has 0 heterocycles. The number of hydrogen-bond donors (Lipinski definition) is 0. The predicted molar refractivity (Wildman–Crippen MR) is 166 cm³/mol. The average Bonchev–Trinajstić information content (AvgIpc) is 2.93. The highest BCUT2D eigenvalue weighted by atomic mass is 31.2. The summed E-state index contributed by atoms with van der Waals surface area (Å²) in [6.45, 7) is 12.3. The largest absolute Gasteiger partial charge is 0.314 e. The normalized spacial score (nSPS) is 18.3. The Balaban J connectivity index is 2.07. The molecule has 0 saturated carbocycles. The molecular formula is C35H37OP. The Hall–Kier alpha value is -3.41. The molecule has 0 bridgehead atoms. The molecule has 37 heavy (non-hydrogen) atoms. The maximum absolute atomic E-state index is 14.5. The summed E-state index contributed by atoms with van der Waals surface area (Å²) in [7, 11) is -2.78. The molecule has 1 aliphatic carbocycles. The molecule has 3 aromatic rings. The maximum Gasteiger partial charge on any atom is 0.142 e. The van der Waals surface area contributed by atoms with Crippen molar-refractivity contribution in [3.05, 3.63) is 119 Å². The van der Waals surface area contributed by atoms with Gasteiger partial charge in [0.15, 0.2) is 0 Å². The van der Waals surface area contributed by atoms with Gasteiger partial charge in [-0.2, -0.15) is 0 Å². The molecule has 2 unspecified atom stereocenters. The topological polar surface area (TPSA) is 17.1 Å². The summed E-state index contributed by atoms with van der Waals surface area (Å²) in [5.74, 6) is 1.94. The van der Waals surface area contributed by atoms with Gasteiger partial charge in [-0.3, -0.25) is 0 Å². The van der Waals surface area contributed by atoms with E-state index in [4.69, 9.17) is 0 Å². The number of benzene rings is 3. The van der Waals surface area contributed by atoms with Gasteiger partial charge in [0.05, 0.1) is 0 Å². The van der Waals surface area contributed by atoms with Gasteiger partial charge in [-0.05, 0) is 95.0 Å². The minimum atomic E-state index is -2.78. The highest BCUT2D eigenvalue weighted by Gasteiger charge is 2.31. The van der Waals surface area contributed by atoms with E-state index in [1.165, 1.54) is 37.9 Å². The van der Waals surface area contributed by atoms with Crippen LogP contribution in [0.1, 0.15) is 44.7 Å². The van der Waals surface area contributed by atoms with Gasteiger partial charge in [0.1, 0.15) is 7.14 Å². The molecule has 188 valence electrons. The van der Waals surface area contributed by atoms with Gasteiger partial charge in [0, 0.05) is 11.0 Å². The van der Waals surface area contributed by atoms with Crippen LogP contribution in [0, 0.1) is 6.92 Å². The van der Waals surface area contributed by atoms with Crippen LogP contribution in [0.5, 0.6) is 0 Å². The van der Waals surface area contributed by atoms with E-state index in [0.29, 0.717) is 0 Å². The van der Waals surface area contributed by atoms with E-state index in [0.717, 1.165) is 23.7 Å². The van der Waals surface area contributed by atoms with E-state index in [9.17, 15) is 4.57 Å². The third kappa shape index (κ3) is 5.20. The SMILES string of the molecule is C=C/C=C\c1cccc(-c2c(=C/CC)/c(=C\C)c(C)c3cc(P(=O)(/C=C/C)C4C=CC=CC4)ccc23)c1. The summed E-state index contributed by atoms with van der Waals surface area (Å²) in [5.41, 5.74) is 4.78. The third-order valence-electron chi connectivity index (χ3n) is 7.16. The molecule has 0 aromatic heterocycles. The Kier molecular flexibility index (Phi) is 8.47. The lowest BCUT2D eigenvalue weighted by Gasteiger charge is -2.24. The Morgan fingerprint density at radius 1 is 1.05 bits per heavy atom. The lowest BCUT2D eigenvalue weighted by Crippen LogP contribution is -2.30. The summed E-state index contributed by atoms with van der Waals surface area (Å²) in [4.78, 5) is 0. The summed E-state index contributed by atoms with van der Waals surface area (Å²) >= 11 is 0. The van der Waals surface area contributed by atoms with Crippen molar-refractivity contribution in [1.82, 2.24) is 0 Å². The molecule has 0 amide bonds. The number of allylic oxidation sites excluding steroid dienone is 7. The standard InChI is InChI=1S/C35H37OP/c1-6-10-16-27-17-14-18-28(24-27)35-32(15-7-2)31(9-4)26(5)34-25-30(21-22-33(34)35)37(36,23-8-3)29-19-12-11-13-20-29/h6,8-19,21-25,29H,1,7,20H2,2-5H3/b16-10-,23-8+,31-9-,32-15+. The highest BCUT2D eigenvalue weighted by Crippen LogP contribution is 2.54. The smallest absolute Gasteiger partial charge is 0.142 e. The predicted octanol–water partition coefficient (Wildman–Crippen LogP) is 8.41. The molecule has 0 spiro atoms. The third-order valence-corrected chi connectivity index (χ3v) is 10.4. The lowest BCUT2D eigenvalue weighted by molar-refractivity contribution is 0.581. The van der Waals surface area contributed by atoms with Crippen molar-refractivity contribution in [2.75, 3.05) is 0 Å². The number of rotatable bonds is 7. The first-order valence-corrected chi connectivity index (χ1v) is 15.0. The maximum atomic E-state index is 14.5. The second kappa shape index (κ2) is 11.8. The van der Waals surface area contributed by atoms with Gasteiger partial charge in [0.25, 0.3) is 0 Å². The monoisotopic (exact) mass is 504 g/mol. The van der Waals surface area contributed by atoms with Gasteiger partial charge < -0.3 is 4.57 Å². The second-order valence-corrected chi connectivity index (χ2v) is 12.4. The van der Waals surface area contributed by atoms with Crippen LogP contribution in [0.4, 0.5) is 0 Å². The summed E-state index contributed by atoms with van der Waals surface area (Å²) in [5, 5.41) is 5.80. The number of hydrogen-bond acceptors (Lipinski definition) is 1. The fourth-order valence-corrected chi connectivity index (χ4v) is 8.09. The van der Waals surface area contributed by atoms with E-state index in [1.54, 1.807) is 6.08 Å². The van der Waals surface area contributed by atoms with Crippen molar-refractivity contribution in [3.63, 3.8) is 0 Å². The molecule has 1 nitrogen and oxygen atoms in total. The minimum absolute atomic E-state index is 0.0100. The summed E-state index contributed by atoms with van der Waals surface area (Å²) in [6, 6.07) is 15.2. The van der Waals surface area contributed by atoms with E-state index in [2.05, 4.69) is 100 Å². The Bertz CT molecular complexity index is 1610. The van der Waals surface area contributed by atoms with Crippen LogP contribution in [-0.4, -0.2) is 5.66 Å². The minimum Gasteiger partial charge on any atom is -0.314 e. The first-order chi connectivity index (χ1) is 18.0. The van der Waals surface area contributed by atoms with Crippen LogP contribution in [0.15, 0.2) is 97.4 Å². The van der Waals surface area contributed by atoms with Crippen LogP contribution in [0.2, 0.25) is 0 Å². The zero-order valence-corrected chi connectivity index (χ0v) is 23.3. The zero-order valence-electron chi connectivity index (χ0n) is 22.4. The Labute approximate surface area is 222 Å². The fraction of sp³-hybridized carbons (Fsp3) is 0.200. The molecule has 2 heteroatoms. The van der Waals surface area contributed by atoms with E-state index in [-0.39, 0.29) is 5.66 Å². The average molecular weight is 505 g/mol. The van der Waals surface area contributed by atoms with Crippen LogP contribution in [0.3, 0.4) is 0 Å². The van der Waals surface area contributed by atoms with Crippen molar-refractivity contribution >= 4 is 41.4 Å². The molecule has 4 rings (SSSR count). The van der Waals surface area contributed by atoms with Crippen LogP contribution >= 0.6 is 7.14 Å². The highest BCUT2D eigenvalue weighted by molar-refractivity contribution is 7.75. The molecule has 0 fully saturated rings. The van der Waals surface area contributed by atoms with Crippen LogP contribution in [-0.2, 0) is 4.57 Å². The van der Waals surface area contributed by atoms with Crippen molar-refractivity contribution in [1.29, 1.82) is 0 Å². The molecule has 0 radical (unpaired) electrons. The summed E-state index contributed by atoms with van der Waals surface area (Å²) in [6.07, 6.45) is 22.4. The van der Waals surface area contributed by atoms with Crippen LogP contribution in [0.25, 0.3) is 40.1 Å². The van der Waals surface area contributed by atoms with Crippen molar-refractivity contribution in [2.45, 2.75) is 46.2 Å². The molecular weight excluding hydrogens is 467 g/mol. The number of aryl methyl sites for hydroxylation is 1. The summed E-state index contributed by atoms with van der Waals surface area (Å²) < 4.78 is 14.5. The fourth-order valence-electron chi connectivity index (χ4n) is 5.44. The molecule has 1 aliphatic rings. The van der Waals surface area contributed by atoms with Gasteiger partial charge in [0.2, 0.25) is 0 Å². The van der Waals surface area contributed by atoms with E-state index >= 15 is 0 Å². The zero-order chi connectivity index (χ0) is 26.4. The van der Waals surface area contributed by atoms with E-state index in [1.807, 2.05) is 37.0 Å². The molecule has 0 aliphatic heterocycles. The van der Waals surface area contributed by atoms with Crippen LogP contribution < -0.4 is 15.7 Å². The Morgan fingerprint density at radius 3 is 2.57 bits per heavy atom. The molecule has 3 aromatic carbocycles. The molecule has 0 saturated heterocycles. The van der Waals surface area contributed by atoms with Gasteiger partial charge in [-0.25, -0.2) is 0 Å².